The molecule has 4 heteroatoms. The van der Waals surface area contributed by atoms with Crippen LogP contribution < -0.4 is 5.56 Å². The van der Waals surface area contributed by atoms with Crippen LogP contribution in [0.25, 0.3) is 10.8 Å². The molecule has 0 saturated heterocycles. The van der Waals surface area contributed by atoms with Gasteiger partial charge in [-0.15, -0.1) is 0 Å². The monoisotopic (exact) mass is 281 g/mol. The molecule has 2 rings (SSSR count). The Morgan fingerprint density at radius 3 is 2.81 bits per heavy atom. The molecule has 16 heavy (non-hydrogen) atoms. The number of halogens is 1. The van der Waals surface area contributed by atoms with E-state index in [1.165, 1.54) is 4.57 Å². The van der Waals surface area contributed by atoms with E-state index in [1.807, 2.05) is 24.3 Å². The maximum atomic E-state index is 12.0. The summed E-state index contributed by atoms with van der Waals surface area (Å²) in [5, 5.41) is 11.6. The quantitative estimate of drug-likeness (QED) is 0.872. The number of fused-ring (bicyclic) bond motifs is 1. The Bertz CT molecular complexity index is 550. The summed E-state index contributed by atoms with van der Waals surface area (Å²) in [5.74, 6) is 0. The molecule has 3 nitrogen and oxygen atoms in total. The third kappa shape index (κ3) is 2.18. The van der Waals surface area contributed by atoms with Gasteiger partial charge in [-0.2, -0.15) is 0 Å². The number of nitrogens with zero attached hydrogens (tertiary/aromatic N) is 1. The average molecular weight is 282 g/mol. The number of aromatic nitrogens is 1. The van der Waals surface area contributed by atoms with Crippen LogP contribution in [0.3, 0.4) is 0 Å². The van der Waals surface area contributed by atoms with E-state index in [9.17, 15) is 9.90 Å². The second-order valence-corrected chi connectivity index (χ2v) is 4.32. The molecule has 0 radical (unpaired) electrons. The van der Waals surface area contributed by atoms with Crippen LogP contribution in [0.5, 0.6) is 0 Å². The number of hydrogen-bond donors (Lipinski definition) is 1. The van der Waals surface area contributed by atoms with Crippen LogP contribution >= 0.6 is 15.9 Å². The molecule has 0 aliphatic heterocycles. The van der Waals surface area contributed by atoms with Gasteiger partial charge in [0.1, 0.15) is 0 Å². The molecule has 2 aromatic rings. The lowest BCUT2D eigenvalue weighted by Crippen LogP contribution is -2.26. The largest absolute Gasteiger partial charge is 0.390 e. The van der Waals surface area contributed by atoms with Gasteiger partial charge in [0.05, 0.1) is 12.6 Å². The predicted molar refractivity (Wildman–Crippen MR) is 68.0 cm³/mol. The zero-order chi connectivity index (χ0) is 11.5. The van der Waals surface area contributed by atoms with E-state index in [2.05, 4.69) is 15.9 Å². The summed E-state index contributed by atoms with van der Waals surface area (Å²) < 4.78 is 1.54. The first-order chi connectivity index (χ1) is 7.72. The number of alkyl halides is 1. The Hall–Kier alpha value is -1.13. The fourth-order valence-electron chi connectivity index (χ4n) is 1.65. The minimum absolute atomic E-state index is 0.0573. The van der Waals surface area contributed by atoms with Gasteiger partial charge in [0.25, 0.3) is 5.56 Å². The summed E-state index contributed by atoms with van der Waals surface area (Å²) in [6.07, 6.45) is 1.18. The Labute approximate surface area is 101 Å². The molecule has 0 amide bonds. The highest BCUT2D eigenvalue weighted by Gasteiger charge is 2.06. The second kappa shape index (κ2) is 4.80. The minimum Gasteiger partial charge on any atom is -0.390 e. The highest BCUT2D eigenvalue weighted by Crippen LogP contribution is 2.08. The molecule has 1 aromatic heterocycles. The summed E-state index contributed by atoms with van der Waals surface area (Å²) in [7, 11) is 0. The molecule has 1 unspecified atom stereocenters. The van der Waals surface area contributed by atoms with Crippen LogP contribution in [0.15, 0.2) is 41.3 Å². The van der Waals surface area contributed by atoms with Crippen LogP contribution in [0, 0.1) is 0 Å². The number of hydrogen-bond acceptors (Lipinski definition) is 2. The van der Waals surface area contributed by atoms with Crippen molar-refractivity contribution in [3.05, 3.63) is 46.9 Å². The zero-order valence-electron chi connectivity index (χ0n) is 8.64. The molecule has 0 spiro atoms. The Balaban J connectivity index is 2.49. The molecule has 1 heterocycles. The molecular weight excluding hydrogens is 270 g/mol. The third-order valence-electron chi connectivity index (χ3n) is 2.47. The predicted octanol–water partition coefficient (Wildman–Crippen LogP) is 1.76. The van der Waals surface area contributed by atoms with Crippen molar-refractivity contribution in [1.82, 2.24) is 4.57 Å². The van der Waals surface area contributed by atoms with Crippen molar-refractivity contribution in [3.63, 3.8) is 0 Å². The molecule has 1 N–H and O–H groups in total. The van der Waals surface area contributed by atoms with Gasteiger partial charge in [0, 0.05) is 16.9 Å². The summed E-state index contributed by atoms with van der Waals surface area (Å²) in [4.78, 5) is 12.0. The van der Waals surface area contributed by atoms with Crippen LogP contribution in [-0.2, 0) is 6.54 Å². The van der Waals surface area contributed by atoms with Gasteiger partial charge < -0.3 is 9.67 Å². The van der Waals surface area contributed by atoms with E-state index in [0.29, 0.717) is 17.3 Å². The molecule has 0 bridgehead atoms. The first kappa shape index (κ1) is 11.4. The number of rotatable bonds is 3. The van der Waals surface area contributed by atoms with Crippen molar-refractivity contribution in [3.8, 4) is 0 Å². The fourth-order valence-corrected chi connectivity index (χ4v) is 1.85. The van der Waals surface area contributed by atoms with E-state index in [-0.39, 0.29) is 5.56 Å². The molecule has 0 aliphatic rings. The molecule has 84 valence electrons. The average Bonchev–Trinajstić information content (AvgIpc) is 2.33. The van der Waals surface area contributed by atoms with Crippen molar-refractivity contribution in [2.75, 3.05) is 5.33 Å². The fraction of sp³-hybridized carbons (Fsp3) is 0.250. The maximum Gasteiger partial charge on any atom is 0.258 e. The van der Waals surface area contributed by atoms with E-state index in [4.69, 9.17) is 0 Å². The SMILES string of the molecule is O=c1c2ccccc2ccn1CC(O)CBr. The summed E-state index contributed by atoms with van der Waals surface area (Å²) in [5.41, 5.74) is -0.0573. The zero-order valence-corrected chi connectivity index (χ0v) is 10.2. The molecular formula is C12H12BrNO2. The Morgan fingerprint density at radius 1 is 1.31 bits per heavy atom. The smallest absolute Gasteiger partial charge is 0.258 e. The number of aliphatic hydroxyl groups excluding tert-OH is 1. The summed E-state index contributed by atoms with van der Waals surface area (Å²) >= 11 is 3.18. The standard InChI is InChI=1S/C12H12BrNO2/c13-7-10(15)8-14-6-5-9-3-1-2-4-11(9)12(14)16/h1-6,10,15H,7-8H2. The highest BCUT2D eigenvalue weighted by atomic mass is 79.9. The van der Waals surface area contributed by atoms with Crippen LogP contribution in [0.1, 0.15) is 0 Å². The molecule has 0 fully saturated rings. The summed E-state index contributed by atoms with van der Waals surface area (Å²) in [6, 6.07) is 9.34. The van der Waals surface area contributed by atoms with Gasteiger partial charge in [0.2, 0.25) is 0 Å². The molecule has 1 aromatic carbocycles. The van der Waals surface area contributed by atoms with E-state index >= 15 is 0 Å². The van der Waals surface area contributed by atoms with Gasteiger partial charge >= 0.3 is 0 Å². The van der Waals surface area contributed by atoms with Crippen molar-refractivity contribution in [2.24, 2.45) is 0 Å². The van der Waals surface area contributed by atoms with Crippen LogP contribution in [-0.4, -0.2) is 21.1 Å². The van der Waals surface area contributed by atoms with Crippen molar-refractivity contribution in [1.29, 1.82) is 0 Å². The van der Waals surface area contributed by atoms with Gasteiger partial charge in [-0.3, -0.25) is 4.79 Å². The lowest BCUT2D eigenvalue weighted by Gasteiger charge is -2.10. The van der Waals surface area contributed by atoms with Crippen LogP contribution in [0.4, 0.5) is 0 Å². The lowest BCUT2D eigenvalue weighted by atomic mass is 10.2. The molecule has 0 aliphatic carbocycles. The van der Waals surface area contributed by atoms with E-state index in [1.54, 1.807) is 12.3 Å². The van der Waals surface area contributed by atoms with Crippen molar-refractivity contribution in [2.45, 2.75) is 12.6 Å². The summed E-state index contributed by atoms with van der Waals surface area (Å²) in [6.45, 7) is 0.314. The topological polar surface area (TPSA) is 42.2 Å². The highest BCUT2D eigenvalue weighted by molar-refractivity contribution is 9.09. The first-order valence-electron chi connectivity index (χ1n) is 5.04. The third-order valence-corrected chi connectivity index (χ3v) is 3.22. The van der Waals surface area contributed by atoms with Gasteiger partial charge in [-0.25, -0.2) is 0 Å². The van der Waals surface area contributed by atoms with Crippen molar-refractivity contribution >= 4 is 26.7 Å². The minimum atomic E-state index is -0.543. The number of pyridine rings is 1. The molecule has 0 saturated carbocycles. The van der Waals surface area contributed by atoms with Gasteiger partial charge in [0.15, 0.2) is 0 Å². The normalized spacial score (nSPS) is 12.9. The Morgan fingerprint density at radius 2 is 2.06 bits per heavy atom. The van der Waals surface area contributed by atoms with Crippen molar-refractivity contribution < 1.29 is 5.11 Å². The number of benzene rings is 1. The Kier molecular flexibility index (Phi) is 3.41. The number of aliphatic hydroxyl groups is 1. The molecule has 1 atom stereocenters. The second-order valence-electron chi connectivity index (χ2n) is 3.67. The van der Waals surface area contributed by atoms with Crippen LogP contribution in [0.2, 0.25) is 0 Å². The van der Waals surface area contributed by atoms with Gasteiger partial charge in [-0.05, 0) is 17.5 Å². The van der Waals surface area contributed by atoms with Gasteiger partial charge in [-0.1, -0.05) is 34.1 Å². The lowest BCUT2D eigenvalue weighted by molar-refractivity contribution is 0.178. The van der Waals surface area contributed by atoms with E-state index < -0.39 is 6.10 Å². The van der Waals surface area contributed by atoms with E-state index in [0.717, 1.165) is 5.39 Å². The first-order valence-corrected chi connectivity index (χ1v) is 6.16. The maximum absolute atomic E-state index is 12.0.